The van der Waals surface area contributed by atoms with E-state index < -0.39 is 0 Å². The van der Waals surface area contributed by atoms with Crippen LogP contribution in [0.5, 0.6) is 0 Å². The smallest absolute Gasteiger partial charge is 0.0701 e. The van der Waals surface area contributed by atoms with Gasteiger partial charge in [0.25, 0.3) is 0 Å². The summed E-state index contributed by atoms with van der Waals surface area (Å²) in [7, 11) is 0. The normalized spacial score (nSPS) is 11.3. The van der Waals surface area contributed by atoms with Crippen molar-refractivity contribution in [3.8, 4) is 0 Å². The Kier molecular flexibility index (Phi) is 14.8. The molecule has 0 aromatic heterocycles. The first kappa shape index (κ1) is 17.8. The summed E-state index contributed by atoms with van der Waals surface area (Å²) in [6, 6.07) is 0. The Morgan fingerprint density at radius 3 is 1.83 bits per heavy atom. The maximum Gasteiger partial charge on any atom is 0.0701 e. The maximum absolute atomic E-state index is 5.48. The van der Waals surface area contributed by atoms with Gasteiger partial charge in [0.05, 0.1) is 26.4 Å². The lowest BCUT2D eigenvalue weighted by atomic mass is 10.0. The molecule has 0 atom stereocenters. The molecule has 2 N–H and O–H groups in total. The first-order valence-electron chi connectivity index (χ1n) is 7.41. The number of hydrogen-bond donors (Lipinski definition) is 2. The van der Waals surface area contributed by atoms with E-state index in [0.29, 0.717) is 13.2 Å². The van der Waals surface area contributed by atoms with E-state index in [9.17, 15) is 0 Å². The predicted molar refractivity (Wildman–Crippen MR) is 77.1 cm³/mol. The van der Waals surface area contributed by atoms with Crippen LogP contribution in [-0.4, -0.2) is 52.6 Å². The van der Waals surface area contributed by atoms with Crippen molar-refractivity contribution in [1.82, 2.24) is 10.6 Å². The van der Waals surface area contributed by atoms with Crippen LogP contribution in [0.3, 0.4) is 0 Å². The molecule has 0 aromatic rings. The van der Waals surface area contributed by atoms with Gasteiger partial charge < -0.3 is 20.1 Å². The molecule has 0 amide bonds. The third-order valence-electron chi connectivity index (χ3n) is 3.06. The number of likely N-dealkylation sites (N-methyl/N-ethyl adjacent to an activating group) is 1. The van der Waals surface area contributed by atoms with Gasteiger partial charge in [0.1, 0.15) is 0 Å². The molecule has 0 unspecified atom stereocenters. The molecule has 0 saturated carbocycles. The van der Waals surface area contributed by atoms with Crippen LogP contribution in [-0.2, 0) is 9.47 Å². The molecular formula is C14H32N2O2. The molecular weight excluding hydrogens is 228 g/mol. The summed E-state index contributed by atoms with van der Waals surface area (Å²) in [5, 5.41) is 6.64. The molecule has 18 heavy (non-hydrogen) atoms. The highest BCUT2D eigenvalue weighted by atomic mass is 16.5. The summed E-state index contributed by atoms with van der Waals surface area (Å²) in [5.74, 6) is 0.805. The lowest BCUT2D eigenvalue weighted by Gasteiger charge is -2.13. The minimum atomic E-state index is 0.692. The standard InChI is InChI=1S/C14H32N2O2/c1-4-14(5-2)13-16-8-10-18-12-11-17-9-7-15-6-3/h14-16H,4-13H2,1-3H3. The van der Waals surface area contributed by atoms with Crippen LogP contribution in [0.4, 0.5) is 0 Å². The van der Waals surface area contributed by atoms with Crippen LogP contribution in [0, 0.1) is 5.92 Å². The minimum Gasteiger partial charge on any atom is -0.378 e. The zero-order chi connectivity index (χ0) is 13.5. The monoisotopic (exact) mass is 260 g/mol. The molecule has 0 saturated heterocycles. The number of hydrogen-bond acceptors (Lipinski definition) is 4. The van der Waals surface area contributed by atoms with Gasteiger partial charge in [0.15, 0.2) is 0 Å². The van der Waals surface area contributed by atoms with Gasteiger partial charge in [0.2, 0.25) is 0 Å². The second-order valence-corrected chi connectivity index (χ2v) is 4.46. The van der Waals surface area contributed by atoms with Crippen molar-refractivity contribution in [2.24, 2.45) is 5.92 Å². The quantitative estimate of drug-likeness (QED) is 0.466. The second kappa shape index (κ2) is 14.9. The Labute approximate surface area is 113 Å². The van der Waals surface area contributed by atoms with Crippen molar-refractivity contribution >= 4 is 0 Å². The molecule has 0 rings (SSSR count). The summed E-state index contributed by atoms with van der Waals surface area (Å²) in [6.45, 7) is 13.5. The zero-order valence-electron chi connectivity index (χ0n) is 12.5. The van der Waals surface area contributed by atoms with Crippen LogP contribution >= 0.6 is 0 Å². The largest absolute Gasteiger partial charge is 0.378 e. The first-order chi connectivity index (χ1) is 8.85. The first-order valence-corrected chi connectivity index (χ1v) is 7.41. The summed E-state index contributed by atoms with van der Waals surface area (Å²) >= 11 is 0. The number of nitrogens with one attached hydrogen (secondary N) is 2. The van der Waals surface area contributed by atoms with Gasteiger partial charge in [-0.2, -0.15) is 0 Å². The Morgan fingerprint density at radius 1 is 0.778 bits per heavy atom. The van der Waals surface area contributed by atoms with Crippen molar-refractivity contribution in [3.63, 3.8) is 0 Å². The van der Waals surface area contributed by atoms with Crippen molar-refractivity contribution in [3.05, 3.63) is 0 Å². The van der Waals surface area contributed by atoms with Gasteiger partial charge in [-0.3, -0.25) is 0 Å². The number of ether oxygens (including phenoxy) is 2. The fourth-order valence-electron chi connectivity index (χ4n) is 1.67. The Balaban J connectivity index is 3.03. The van der Waals surface area contributed by atoms with Crippen molar-refractivity contribution in [1.29, 1.82) is 0 Å². The Morgan fingerprint density at radius 2 is 1.33 bits per heavy atom. The van der Waals surface area contributed by atoms with E-state index in [4.69, 9.17) is 9.47 Å². The van der Waals surface area contributed by atoms with Crippen molar-refractivity contribution in [2.75, 3.05) is 52.6 Å². The van der Waals surface area contributed by atoms with Crippen LogP contribution in [0.15, 0.2) is 0 Å². The van der Waals surface area contributed by atoms with E-state index in [1.54, 1.807) is 0 Å². The fourth-order valence-corrected chi connectivity index (χ4v) is 1.67. The molecule has 4 nitrogen and oxygen atoms in total. The number of rotatable bonds is 14. The molecule has 0 aliphatic carbocycles. The Hall–Kier alpha value is -0.160. The summed E-state index contributed by atoms with van der Waals surface area (Å²) in [4.78, 5) is 0. The molecule has 110 valence electrons. The Bertz CT molecular complexity index is 153. The molecule has 0 aliphatic heterocycles. The van der Waals surface area contributed by atoms with Gasteiger partial charge >= 0.3 is 0 Å². The van der Waals surface area contributed by atoms with Gasteiger partial charge in [-0.25, -0.2) is 0 Å². The third kappa shape index (κ3) is 12.3. The van der Waals surface area contributed by atoms with Crippen molar-refractivity contribution < 1.29 is 9.47 Å². The summed E-state index contributed by atoms with van der Waals surface area (Å²) in [6.07, 6.45) is 2.51. The van der Waals surface area contributed by atoms with Gasteiger partial charge in [-0.1, -0.05) is 33.6 Å². The topological polar surface area (TPSA) is 42.5 Å². The molecule has 0 radical (unpaired) electrons. The molecule has 4 heteroatoms. The molecule has 0 spiro atoms. The molecule has 0 bridgehead atoms. The van der Waals surface area contributed by atoms with E-state index in [2.05, 4.69) is 31.4 Å². The fraction of sp³-hybridized carbons (Fsp3) is 1.00. The highest BCUT2D eigenvalue weighted by Crippen LogP contribution is 2.04. The zero-order valence-corrected chi connectivity index (χ0v) is 12.5. The average molecular weight is 260 g/mol. The molecule has 0 aromatic carbocycles. The van der Waals surface area contributed by atoms with Crippen LogP contribution in [0.25, 0.3) is 0 Å². The van der Waals surface area contributed by atoms with Crippen LogP contribution < -0.4 is 10.6 Å². The SMILES string of the molecule is CCNCCOCCOCCNCC(CC)CC. The second-order valence-electron chi connectivity index (χ2n) is 4.46. The van der Waals surface area contributed by atoms with E-state index in [0.717, 1.165) is 45.3 Å². The van der Waals surface area contributed by atoms with Crippen molar-refractivity contribution in [2.45, 2.75) is 33.6 Å². The third-order valence-corrected chi connectivity index (χ3v) is 3.06. The van der Waals surface area contributed by atoms with Crippen LogP contribution in [0.2, 0.25) is 0 Å². The van der Waals surface area contributed by atoms with Gasteiger partial charge in [-0.05, 0) is 19.0 Å². The molecule has 0 fully saturated rings. The van der Waals surface area contributed by atoms with E-state index >= 15 is 0 Å². The van der Waals surface area contributed by atoms with E-state index in [1.165, 1.54) is 12.8 Å². The highest BCUT2D eigenvalue weighted by Gasteiger charge is 2.01. The summed E-state index contributed by atoms with van der Waals surface area (Å²) in [5.41, 5.74) is 0. The van der Waals surface area contributed by atoms with Gasteiger partial charge in [0, 0.05) is 13.1 Å². The van der Waals surface area contributed by atoms with Gasteiger partial charge in [-0.15, -0.1) is 0 Å². The molecule has 0 aliphatic rings. The summed E-state index contributed by atoms with van der Waals surface area (Å²) < 4.78 is 10.9. The average Bonchev–Trinajstić information content (AvgIpc) is 2.40. The van der Waals surface area contributed by atoms with Crippen LogP contribution in [0.1, 0.15) is 33.6 Å². The molecule has 0 heterocycles. The lowest BCUT2D eigenvalue weighted by Crippen LogP contribution is -2.26. The minimum absolute atomic E-state index is 0.692. The highest BCUT2D eigenvalue weighted by molar-refractivity contribution is 4.58. The predicted octanol–water partition coefficient (Wildman–Crippen LogP) is 1.65. The lowest BCUT2D eigenvalue weighted by molar-refractivity contribution is 0.0498. The van der Waals surface area contributed by atoms with E-state index in [-0.39, 0.29) is 0 Å². The van der Waals surface area contributed by atoms with E-state index in [1.807, 2.05) is 0 Å². The maximum atomic E-state index is 5.48.